The molecule has 0 saturated carbocycles. The van der Waals surface area contributed by atoms with Crippen molar-refractivity contribution in [3.05, 3.63) is 99.7 Å². The lowest BCUT2D eigenvalue weighted by atomic mass is 9.79. The molecule has 0 bridgehead atoms. The summed E-state index contributed by atoms with van der Waals surface area (Å²) >= 11 is 0. The van der Waals surface area contributed by atoms with Crippen LogP contribution < -0.4 is 10.9 Å². The largest absolute Gasteiger partial charge is 0.305 e. The topological polar surface area (TPSA) is 108 Å². The molecule has 0 aliphatic rings. The number of aromatic nitrogens is 5. The monoisotopic (exact) mass is 952 g/mol. The molecule has 0 amide bonds. The first-order valence-electron chi connectivity index (χ1n) is 27.5. The Hall–Kier alpha value is -5.89. The maximum atomic E-state index is 15.4. The van der Waals surface area contributed by atoms with Crippen LogP contribution in [-0.2, 0) is 0 Å². The predicted molar refractivity (Wildman–Crippen MR) is 298 cm³/mol. The van der Waals surface area contributed by atoms with Crippen molar-refractivity contribution >= 4 is 72.0 Å². The van der Waals surface area contributed by atoms with Crippen LogP contribution in [0.5, 0.6) is 0 Å². The highest BCUT2D eigenvalue weighted by molar-refractivity contribution is 6.43. The Labute approximate surface area is 421 Å². The molecule has 0 aliphatic carbocycles. The second-order valence-corrected chi connectivity index (χ2v) is 20.8. The van der Waals surface area contributed by atoms with Crippen molar-refractivity contribution < 1.29 is 9.59 Å². The van der Waals surface area contributed by atoms with E-state index in [9.17, 15) is 4.79 Å². The first-order valence-corrected chi connectivity index (χ1v) is 27.5. The number of pyridine rings is 1. The van der Waals surface area contributed by atoms with E-state index >= 15 is 9.59 Å². The van der Waals surface area contributed by atoms with Gasteiger partial charge in [-0.3, -0.25) is 14.4 Å². The summed E-state index contributed by atoms with van der Waals surface area (Å²) in [5.74, 6) is 1.55. The Bertz CT molecular complexity index is 3220. The van der Waals surface area contributed by atoms with Crippen LogP contribution in [0.15, 0.2) is 66.0 Å². The molecule has 0 spiro atoms. The number of benzene rings is 5. The van der Waals surface area contributed by atoms with Gasteiger partial charge in [-0.1, -0.05) is 168 Å². The van der Waals surface area contributed by atoms with Crippen molar-refractivity contribution in [2.45, 2.75) is 189 Å². The summed E-state index contributed by atoms with van der Waals surface area (Å²) in [6.45, 7) is 19.1. The summed E-state index contributed by atoms with van der Waals surface area (Å²) in [7, 11) is 0. The molecule has 0 fully saturated rings. The highest BCUT2D eigenvalue weighted by Crippen LogP contribution is 2.50. The molecule has 8 heteroatoms. The summed E-state index contributed by atoms with van der Waals surface area (Å²) < 4.78 is 2.04. The molecule has 0 radical (unpaired) electrons. The van der Waals surface area contributed by atoms with Gasteiger partial charge in [0.1, 0.15) is 11.6 Å². The van der Waals surface area contributed by atoms with Gasteiger partial charge in [-0.2, -0.15) is 0 Å². The van der Waals surface area contributed by atoms with Crippen LogP contribution in [0.1, 0.15) is 208 Å². The van der Waals surface area contributed by atoms with Crippen LogP contribution in [0.4, 0.5) is 0 Å². The molecule has 372 valence electrons. The molecule has 71 heavy (non-hydrogen) atoms. The summed E-state index contributed by atoms with van der Waals surface area (Å²) in [5, 5.41) is 9.37. The molecule has 5 aromatic carbocycles. The third kappa shape index (κ3) is 10.7. The van der Waals surface area contributed by atoms with E-state index in [2.05, 4.69) is 55.9 Å². The van der Waals surface area contributed by atoms with E-state index in [1.165, 1.54) is 51.4 Å². The van der Waals surface area contributed by atoms with E-state index in [0.29, 0.717) is 40.0 Å². The second-order valence-electron chi connectivity index (χ2n) is 20.8. The molecular formula is C63H77N5O3. The Morgan fingerprint density at radius 1 is 0.521 bits per heavy atom. The number of hydrogen-bond donors (Lipinski definition) is 0. The molecule has 3 aromatic heterocycles. The maximum absolute atomic E-state index is 15.4. The second kappa shape index (κ2) is 23.6. The van der Waals surface area contributed by atoms with Crippen LogP contribution in [0.3, 0.4) is 0 Å². The molecule has 0 unspecified atom stereocenters. The molecule has 0 N–H and O–H groups in total. The minimum atomic E-state index is -0.114. The normalized spacial score (nSPS) is 12.1. The van der Waals surface area contributed by atoms with Gasteiger partial charge in [-0.25, -0.2) is 19.9 Å². The van der Waals surface area contributed by atoms with Gasteiger partial charge in [-0.15, -0.1) is 0 Å². The predicted octanol–water partition coefficient (Wildman–Crippen LogP) is 16.5. The van der Waals surface area contributed by atoms with E-state index in [4.69, 9.17) is 16.5 Å². The SMILES string of the molecule is C=c1c2cc(-c3cnc(C)nc3)c3c4ccc(C(=O)CC(CCCCCC)CCCCCC)c5c(C(C)=O)cc(-c6cnc(C)nc6)c(c6ccc(c(=O)n1C(CCCCCC)CCCCCC)c2c63)c54. The van der Waals surface area contributed by atoms with Crippen LogP contribution >= 0.6 is 0 Å². The van der Waals surface area contributed by atoms with Gasteiger partial charge in [0.25, 0.3) is 5.56 Å². The standard InChI is InChI=1S/C63H77N5O3/c1-9-13-17-21-25-44(26-22-18-14-10-2)33-56(70)48-29-30-49-58-54(45-36-64-42(7)65-37-45)34-52-40(5)68(47(27-23-19-15-11-3)28-24-20-16-12-4)63(71)51-32-31-50(62(58)60(51)52)59-55(46-38-66-43(8)67-39-46)35-53(41(6)69)57(48)61(49)59/h29-32,34-39,44,47H,5,9-28,33H2,1-4,6-8H3. The van der Waals surface area contributed by atoms with Crippen LogP contribution in [0.25, 0.3) is 82.7 Å². The molecule has 0 aliphatic heterocycles. The van der Waals surface area contributed by atoms with E-state index in [-0.39, 0.29) is 29.1 Å². The summed E-state index contributed by atoms with van der Waals surface area (Å²) in [4.78, 5) is 63.6. The zero-order valence-electron chi connectivity index (χ0n) is 43.9. The number of Topliss-reactive ketones (excluding diaryl/α,β-unsaturated/α-hetero) is 2. The van der Waals surface area contributed by atoms with Crippen molar-refractivity contribution in [1.29, 1.82) is 0 Å². The van der Waals surface area contributed by atoms with Crippen molar-refractivity contribution in [3.8, 4) is 22.3 Å². The van der Waals surface area contributed by atoms with Crippen LogP contribution in [0.2, 0.25) is 0 Å². The fraction of sp³-hybridized carbons (Fsp3) is 0.476. The molecule has 8 rings (SSSR count). The van der Waals surface area contributed by atoms with Gasteiger partial charge in [0, 0.05) is 86.4 Å². The molecular weight excluding hydrogens is 875 g/mol. The fourth-order valence-corrected chi connectivity index (χ4v) is 11.8. The Morgan fingerprint density at radius 3 is 1.46 bits per heavy atom. The zero-order valence-corrected chi connectivity index (χ0v) is 43.9. The Balaban J connectivity index is 1.47. The number of ketones is 2. The molecule has 0 saturated heterocycles. The Kier molecular flexibility index (Phi) is 17.1. The lowest BCUT2D eigenvalue weighted by Crippen LogP contribution is -2.36. The van der Waals surface area contributed by atoms with E-state index < -0.39 is 0 Å². The van der Waals surface area contributed by atoms with Crippen LogP contribution in [-0.4, -0.2) is 36.1 Å². The smallest absolute Gasteiger partial charge is 0.259 e. The third-order valence-corrected chi connectivity index (χ3v) is 15.6. The summed E-state index contributed by atoms with van der Waals surface area (Å²) in [5.41, 5.74) is 4.43. The average Bonchev–Trinajstić information content (AvgIpc) is 3.37. The van der Waals surface area contributed by atoms with Crippen molar-refractivity contribution in [3.63, 3.8) is 0 Å². The fourth-order valence-electron chi connectivity index (χ4n) is 11.8. The maximum Gasteiger partial charge on any atom is 0.259 e. The highest BCUT2D eigenvalue weighted by Gasteiger charge is 2.29. The van der Waals surface area contributed by atoms with Gasteiger partial charge in [-0.05, 0) is 101 Å². The van der Waals surface area contributed by atoms with Gasteiger partial charge >= 0.3 is 0 Å². The minimum Gasteiger partial charge on any atom is -0.305 e. The highest BCUT2D eigenvalue weighted by atomic mass is 16.1. The number of carbonyl (C=O) groups is 2. The summed E-state index contributed by atoms with van der Waals surface area (Å²) in [6.07, 6.45) is 30.2. The van der Waals surface area contributed by atoms with Gasteiger partial charge in [0.2, 0.25) is 0 Å². The third-order valence-electron chi connectivity index (χ3n) is 15.6. The Morgan fingerprint density at radius 2 is 0.972 bits per heavy atom. The molecule has 3 heterocycles. The van der Waals surface area contributed by atoms with E-state index in [0.717, 1.165) is 148 Å². The van der Waals surface area contributed by atoms with Crippen molar-refractivity contribution in [2.24, 2.45) is 5.92 Å². The molecule has 8 aromatic rings. The average molecular weight is 952 g/mol. The first kappa shape index (κ1) is 51.5. The first-order chi connectivity index (χ1) is 34.5. The van der Waals surface area contributed by atoms with E-state index in [1.807, 2.05) is 61.4 Å². The van der Waals surface area contributed by atoms with Crippen LogP contribution in [0, 0.1) is 19.8 Å². The number of unbranched alkanes of at least 4 members (excludes halogenated alkanes) is 12. The van der Waals surface area contributed by atoms with Crippen molar-refractivity contribution in [1.82, 2.24) is 24.5 Å². The minimum absolute atomic E-state index is 0.00248. The number of fused-ring (bicyclic) bond motifs is 2. The van der Waals surface area contributed by atoms with Gasteiger partial charge in [0.15, 0.2) is 11.6 Å². The number of rotatable bonds is 27. The summed E-state index contributed by atoms with van der Waals surface area (Å²) in [6, 6.07) is 12.4. The zero-order chi connectivity index (χ0) is 50.2. The molecule has 8 nitrogen and oxygen atoms in total. The quantitative estimate of drug-likeness (QED) is 0.0219. The van der Waals surface area contributed by atoms with Gasteiger partial charge in [0.05, 0.1) is 0 Å². The van der Waals surface area contributed by atoms with Crippen molar-refractivity contribution in [2.75, 3.05) is 0 Å². The van der Waals surface area contributed by atoms with Gasteiger partial charge < -0.3 is 4.57 Å². The lowest BCUT2D eigenvalue weighted by Gasteiger charge is -2.26. The number of aryl methyl sites for hydroxylation is 2. The lowest BCUT2D eigenvalue weighted by molar-refractivity contribution is 0.0956. The number of hydrogen-bond acceptors (Lipinski definition) is 7. The number of carbonyl (C=O) groups excluding carboxylic acids is 2. The molecule has 0 atom stereocenters. The number of nitrogens with zero attached hydrogens (tertiary/aromatic N) is 5. The van der Waals surface area contributed by atoms with E-state index in [1.54, 1.807) is 6.92 Å².